The summed E-state index contributed by atoms with van der Waals surface area (Å²) in [6.45, 7) is 2.00. The second-order valence-corrected chi connectivity index (χ2v) is 7.31. The number of aromatic nitrogens is 6. The maximum absolute atomic E-state index is 14.0. The Balaban J connectivity index is 0.000000339. The van der Waals surface area contributed by atoms with E-state index in [1.807, 2.05) is 12.3 Å². The molecule has 0 saturated heterocycles. The first kappa shape index (κ1) is 18.7. The van der Waals surface area contributed by atoms with Crippen LogP contribution in [0, 0.1) is 12.7 Å². The first-order valence-corrected chi connectivity index (χ1v) is 9.43. The van der Waals surface area contributed by atoms with Gasteiger partial charge in [0.2, 0.25) is 0 Å². The van der Waals surface area contributed by atoms with Crippen LogP contribution in [0.1, 0.15) is 5.56 Å². The van der Waals surface area contributed by atoms with Crippen LogP contribution in [0.15, 0.2) is 40.4 Å². The summed E-state index contributed by atoms with van der Waals surface area (Å²) in [6.07, 6.45) is 3.17. The summed E-state index contributed by atoms with van der Waals surface area (Å²) in [5.74, 6) is 0.556. The molecule has 1 N–H and O–H groups in total. The van der Waals surface area contributed by atoms with Crippen LogP contribution in [0.5, 0.6) is 0 Å². The van der Waals surface area contributed by atoms with Crippen LogP contribution in [0.2, 0.25) is 5.02 Å². The van der Waals surface area contributed by atoms with E-state index in [-0.39, 0.29) is 5.56 Å². The van der Waals surface area contributed by atoms with Crippen molar-refractivity contribution in [1.82, 2.24) is 30.2 Å². The maximum atomic E-state index is 14.0. The third kappa shape index (κ3) is 3.84. The molecule has 0 aliphatic carbocycles. The van der Waals surface area contributed by atoms with Crippen LogP contribution in [-0.2, 0) is 7.05 Å². The number of aromatic amines is 1. The Bertz CT molecular complexity index is 977. The number of hydrogen-bond donors (Lipinski definition) is 1. The van der Waals surface area contributed by atoms with E-state index in [4.69, 9.17) is 11.6 Å². The van der Waals surface area contributed by atoms with Gasteiger partial charge in [0.1, 0.15) is 5.82 Å². The molecule has 0 saturated carbocycles. The lowest BCUT2D eigenvalue weighted by Gasteiger charge is -2.00. The summed E-state index contributed by atoms with van der Waals surface area (Å²) < 4.78 is 16.7. The Morgan fingerprint density at radius 1 is 1.27 bits per heavy atom. The van der Waals surface area contributed by atoms with E-state index in [2.05, 4.69) is 41.4 Å². The van der Waals surface area contributed by atoms with Gasteiger partial charge in [0, 0.05) is 16.9 Å². The number of benzene rings is 1. The Kier molecular flexibility index (Phi) is 5.80. The fraction of sp³-hybridized carbons (Fsp3) is 0.125. The average molecular weight is 456 g/mol. The van der Waals surface area contributed by atoms with Crippen molar-refractivity contribution in [2.24, 2.45) is 7.05 Å². The minimum Gasteiger partial charge on any atom is -0.248 e. The average Bonchev–Trinajstić information content (AvgIpc) is 3.34. The van der Waals surface area contributed by atoms with E-state index in [1.54, 1.807) is 47.6 Å². The monoisotopic (exact) mass is 454 g/mol. The molecule has 0 aliphatic rings. The summed E-state index contributed by atoms with van der Waals surface area (Å²) in [4.78, 5) is 5.46. The predicted molar refractivity (Wildman–Crippen MR) is 104 cm³/mol. The van der Waals surface area contributed by atoms with Gasteiger partial charge in [0.15, 0.2) is 11.6 Å². The zero-order chi connectivity index (χ0) is 18.7. The van der Waals surface area contributed by atoms with Gasteiger partial charge in [-0.05, 0) is 40.5 Å². The Morgan fingerprint density at radius 3 is 2.54 bits per heavy atom. The molecule has 0 spiro atoms. The van der Waals surface area contributed by atoms with Gasteiger partial charge in [-0.1, -0.05) is 17.7 Å². The zero-order valence-corrected chi connectivity index (χ0v) is 16.9. The third-order valence-electron chi connectivity index (χ3n) is 3.46. The predicted octanol–water partition coefficient (Wildman–Crippen LogP) is 4.88. The fourth-order valence-electron chi connectivity index (χ4n) is 2.18. The molecule has 26 heavy (non-hydrogen) atoms. The summed E-state index contributed by atoms with van der Waals surface area (Å²) in [5, 5.41) is 15.9. The van der Waals surface area contributed by atoms with Crippen LogP contribution < -0.4 is 0 Å². The molecule has 0 amide bonds. The first-order chi connectivity index (χ1) is 12.5. The molecule has 0 atom stereocenters. The van der Waals surface area contributed by atoms with Gasteiger partial charge in [-0.25, -0.2) is 14.1 Å². The van der Waals surface area contributed by atoms with E-state index in [1.165, 1.54) is 6.07 Å². The standard InChI is InChI=1S/C14H10BrClFN3S.C2H3N3/c1-7-8(15)6-21-12(7)14-18-13(19-20(14)2)11-9(16)4-3-5-10(11)17;1-2-4-5-3-1/h3-6H,1-2H3;1-2H,(H,3,4,5). The Labute approximate surface area is 166 Å². The summed E-state index contributed by atoms with van der Waals surface area (Å²) >= 11 is 11.1. The van der Waals surface area contributed by atoms with E-state index in [0.29, 0.717) is 16.7 Å². The number of thiophene rings is 1. The maximum Gasteiger partial charge on any atom is 0.186 e. The highest BCUT2D eigenvalue weighted by molar-refractivity contribution is 9.10. The highest BCUT2D eigenvalue weighted by Crippen LogP contribution is 2.36. The molecular weight excluding hydrogens is 443 g/mol. The fourth-order valence-corrected chi connectivity index (χ4v) is 4.01. The smallest absolute Gasteiger partial charge is 0.186 e. The van der Waals surface area contributed by atoms with Crippen molar-refractivity contribution in [2.75, 3.05) is 0 Å². The minimum atomic E-state index is -0.427. The second-order valence-electron chi connectivity index (χ2n) is 5.17. The number of aryl methyl sites for hydroxylation is 1. The zero-order valence-electron chi connectivity index (χ0n) is 13.7. The van der Waals surface area contributed by atoms with Gasteiger partial charge < -0.3 is 0 Å². The molecule has 3 aromatic heterocycles. The number of halogens is 3. The second kappa shape index (κ2) is 8.07. The van der Waals surface area contributed by atoms with E-state index < -0.39 is 5.82 Å². The minimum absolute atomic E-state index is 0.231. The summed E-state index contributed by atoms with van der Waals surface area (Å²) in [6, 6.07) is 4.54. The molecule has 3 heterocycles. The normalized spacial score (nSPS) is 10.5. The van der Waals surface area contributed by atoms with Crippen LogP contribution in [0.3, 0.4) is 0 Å². The van der Waals surface area contributed by atoms with Crippen LogP contribution in [0.25, 0.3) is 22.1 Å². The van der Waals surface area contributed by atoms with E-state index in [0.717, 1.165) is 14.9 Å². The number of hydrogen-bond acceptors (Lipinski definition) is 5. The molecule has 0 radical (unpaired) electrons. The molecule has 0 aliphatic heterocycles. The molecular formula is C16H13BrClFN6S. The van der Waals surface area contributed by atoms with Gasteiger partial charge in [-0.2, -0.15) is 20.5 Å². The SMILES string of the molecule is Cc1c(Br)csc1-c1nc(-c2c(F)cccc2Cl)nn1C.c1cn[nH]n1. The molecule has 6 nitrogen and oxygen atoms in total. The van der Waals surface area contributed by atoms with Crippen molar-refractivity contribution in [3.05, 3.63) is 56.8 Å². The van der Waals surface area contributed by atoms with Crippen LogP contribution in [-0.4, -0.2) is 30.2 Å². The van der Waals surface area contributed by atoms with Crippen LogP contribution >= 0.6 is 38.9 Å². The first-order valence-electron chi connectivity index (χ1n) is 7.38. The van der Waals surface area contributed by atoms with Crippen molar-refractivity contribution in [2.45, 2.75) is 6.92 Å². The van der Waals surface area contributed by atoms with Gasteiger partial charge in [0.25, 0.3) is 0 Å². The number of nitrogens with zero attached hydrogens (tertiary/aromatic N) is 5. The Hall–Kier alpha value is -2.10. The van der Waals surface area contributed by atoms with Crippen LogP contribution in [0.4, 0.5) is 4.39 Å². The van der Waals surface area contributed by atoms with Crippen molar-refractivity contribution in [3.63, 3.8) is 0 Å². The summed E-state index contributed by atoms with van der Waals surface area (Å²) in [5.41, 5.74) is 1.32. The number of nitrogens with one attached hydrogen (secondary N) is 1. The van der Waals surface area contributed by atoms with Crippen molar-refractivity contribution in [3.8, 4) is 22.1 Å². The molecule has 10 heteroatoms. The van der Waals surface area contributed by atoms with Gasteiger partial charge in [-0.15, -0.1) is 11.3 Å². The molecule has 134 valence electrons. The number of H-pyrrole nitrogens is 1. The lowest BCUT2D eigenvalue weighted by Crippen LogP contribution is -1.94. The summed E-state index contributed by atoms with van der Waals surface area (Å²) in [7, 11) is 1.79. The highest BCUT2D eigenvalue weighted by atomic mass is 79.9. The van der Waals surface area contributed by atoms with Crippen molar-refractivity contribution >= 4 is 38.9 Å². The number of rotatable bonds is 2. The molecule has 4 rings (SSSR count). The molecule has 0 unspecified atom stereocenters. The van der Waals surface area contributed by atoms with Gasteiger partial charge >= 0.3 is 0 Å². The molecule has 4 aromatic rings. The van der Waals surface area contributed by atoms with Crippen molar-refractivity contribution < 1.29 is 4.39 Å². The van der Waals surface area contributed by atoms with E-state index >= 15 is 0 Å². The van der Waals surface area contributed by atoms with E-state index in [9.17, 15) is 4.39 Å². The van der Waals surface area contributed by atoms with Crippen molar-refractivity contribution in [1.29, 1.82) is 0 Å². The largest absolute Gasteiger partial charge is 0.248 e. The lowest BCUT2D eigenvalue weighted by molar-refractivity contribution is 0.629. The molecule has 1 aromatic carbocycles. The van der Waals surface area contributed by atoms with Gasteiger partial charge in [0.05, 0.1) is 27.9 Å². The molecule has 0 bridgehead atoms. The lowest BCUT2D eigenvalue weighted by atomic mass is 10.2. The Morgan fingerprint density at radius 2 is 2.00 bits per heavy atom. The molecule has 0 fully saturated rings. The van der Waals surface area contributed by atoms with Gasteiger partial charge in [-0.3, -0.25) is 0 Å². The topological polar surface area (TPSA) is 72.3 Å². The third-order valence-corrected chi connectivity index (χ3v) is 5.98. The quantitative estimate of drug-likeness (QED) is 0.468. The highest BCUT2D eigenvalue weighted by Gasteiger charge is 2.19.